The summed E-state index contributed by atoms with van der Waals surface area (Å²) in [5, 5.41) is -4.53. The zero-order chi connectivity index (χ0) is 28.9. The van der Waals surface area contributed by atoms with Gasteiger partial charge in [0.1, 0.15) is 5.78 Å². The van der Waals surface area contributed by atoms with Crippen LogP contribution in [0.1, 0.15) is 32.1 Å². The Hall–Kier alpha value is -3.08. The Labute approximate surface area is 239 Å². The van der Waals surface area contributed by atoms with Crippen molar-refractivity contribution in [1.82, 2.24) is 0 Å². The predicted octanol–water partition coefficient (Wildman–Crippen LogP) is 6.76. The number of alkyl halides is 2. The van der Waals surface area contributed by atoms with Crippen LogP contribution in [0.3, 0.4) is 0 Å². The van der Waals surface area contributed by atoms with Gasteiger partial charge in [0.2, 0.25) is 0 Å². The Bertz CT molecular complexity index is 1430. The minimum Gasteiger partial charge on any atom is -0.458 e. The van der Waals surface area contributed by atoms with E-state index in [0.717, 1.165) is 0 Å². The van der Waals surface area contributed by atoms with Gasteiger partial charge in [0, 0.05) is 26.5 Å². The van der Waals surface area contributed by atoms with Crippen molar-refractivity contribution in [2.75, 3.05) is 6.61 Å². The molecule has 4 saturated carbocycles. The summed E-state index contributed by atoms with van der Waals surface area (Å²) in [6.45, 7) is -1.67. The maximum absolute atomic E-state index is 15.6. The number of carbonyl (C=O) groups is 2. The fraction of sp³-hybridized carbons (Fsp3) is 0.355. The van der Waals surface area contributed by atoms with Crippen molar-refractivity contribution in [1.29, 1.82) is 0 Å². The molecule has 0 aromatic heterocycles. The third-order valence-corrected chi connectivity index (χ3v) is 13.8. The third kappa shape index (κ3) is 4.79. The van der Waals surface area contributed by atoms with Crippen molar-refractivity contribution in [3.8, 4) is 0 Å². The molecular formula is C31H30F2O6S2. The Morgan fingerprint density at radius 1 is 0.780 bits per heavy atom. The molecule has 0 spiro atoms. The normalized spacial score (nSPS) is 26.1. The fourth-order valence-corrected chi connectivity index (χ4v) is 12.0. The first-order valence-electron chi connectivity index (χ1n) is 13.6. The van der Waals surface area contributed by atoms with Crippen LogP contribution in [0.4, 0.5) is 8.78 Å². The summed E-state index contributed by atoms with van der Waals surface area (Å²) < 4.78 is 69.1. The average Bonchev–Trinajstić information content (AvgIpc) is 2.98. The van der Waals surface area contributed by atoms with E-state index < -0.39 is 43.7 Å². The number of esters is 1. The lowest BCUT2D eigenvalue weighted by Gasteiger charge is -2.53. The molecule has 0 N–H and O–H groups in total. The van der Waals surface area contributed by atoms with E-state index in [-0.39, 0.29) is 36.4 Å². The number of halogens is 2. The smallest absolute Gasteiger partial charge is 0.403 e. The van der Waals surface area contributed by atoms with Crippen LogP contribution in [0.15, 0.2) is 106 Å². The van der Waals surface area contributed by atoms with Gasteiger partial charge in [0.25, 0.3) is 0 Å². The number of carbonyl (C=O) groups excluding carboxylic acids is 2. The minimum atomic E-state index is -5.65. The highest BCUT2D eigenvalue weighted by molar-refractivity contribution is 8.33. The molecule has 3 aromatic carbocycles. The second kappa shape index (κ2) is 10.3. The van der Waals surface area contributed by atoms with E-state index in [1.165, 1.54) is 0 Å². The Balaban J connectivity index is 1.32. The van der Waals surface area contributed by atoms with Gasteiger partial charge in [-0.3, -0.25) is 9.59 Å². The average molecular weight is 601 g/mol. The van der Waals surface area contributed by atoms with Crippen molar-refractivity contribution in [3.05, 3.63) is 91.0 Å². The highest BCUT2D eigenvalue weighted by Crippen LogP contribution is 2.70. The molecule has 2 atom stereocenters. The van der Waals surface area contributed by atoms with E-state index in [0.29, 0.717) is 33.9 Å². The topological polar surface area (TPSA) is 86.7 Å². The molecule has 0 radical (unpaired) electrons. The van der Waals surface area contributed by atoms with E-state index in [1.54, 1.807) is 91.0 Å². The van der Waals surface area contributed by atoms with Crippen molar-refractivity contribution in [2.24, 2.45) is 23.2 Å². The number of Topliss-reactive ketones (excluding diaryl/α,β-unsaturated/α-hetero) is 1. The van der Waals surface area contributed by atoms with Crippen LogP contribution in [0.5, 0.6) is 0 Å². The van der Waals surface area contributed by atoms with Crippen LogP contribution in [-0.4, -0.2) is 32.0 Å². The largest absolute Gasteiger partial charge is 0.458 e. The van der Waals surface area contributed by atoms with Crippen molar-refractivity contribution < 1.29 is 35.2 Å². The Kier molecular flexibility index (Phi) is 7.07. The molecule has 4 aliphatic carbocycles. The van der Waals surface area contributed by atoms with Gasteiger partial charge in [-0.05, 0) is 84.7 Å². The van der Waals surface area contributed by atoms with Crippen LogP contribution >= 0.6 is 10.3 Å². The fourth-order valence-electron chi connectivity index (χ4n) is 6.92. The summed E-state index contributed by atoms with van der Waals surface area (Å²) in [5.74, 6) is -1.04. The number of hydrogen-bond donors (Lipinski definition) is 0. The standard InChI is InChI=1S/C31H30F2O6S2/c32-31(33,21-38-29(35)30-18-22-16-23(19-30)28(34)24(17-22)20-30)41(36,37)39-40(25-10-4-1-5-11-25,26-12-6-2-7-13-26)27-14-8-3-9-15-27/h1-15,22-24H,16-21H2. The molecule has 216 valence electrons. The zero-order valence-electron chi connectivity index (χ0n) is 22.2. The van der Waals surface area contributed by atoms with Crippen molar-refractivity contribution in [3.63, 3.8) is 0 Å². The summed E-state index contributed by atoms with van der Waals surface area (Å²) >= 11 is 0. The second-order valence-corrected chi connectivity index (χ2v) is 15.8. The molecule has 4 aliphatic rings. The molecule has 6 nitrogen and oxygen atoms in total. The molecular weight excluding hydrogens is 570 g/mol. The van der Waals surface area contributed by atoms with Crippen LogP contribution in [0, 0.1) is 23.2 Å². The molecule has 7 rings (SSSR count). The second-order valence-electron chi connectivity index (χ2n) is 11.3. The predicted molar refractivity (Wildman–Crippen MR) is 149 cm³/mol. The lowest BCUT2D eigenvalue weighted by Crippen LogP contribution is -2.55. The van der Waals surface area contributed by atoms with E-state index in [4.69, 9.17) is 8.37 Å². The molecule has 0 aliphatic heterocycles. The first kappa shape index (κ1) is 28.1. The van der Waals surface area contributed by atoms with Gasteiger partial charge in [0.15, 0.2) is 6.61 Å². The molecule has 10 heteroatoms. The summed E-state index contributed by atoms with van der Waals surface area (Å²) in [5.41, 5.74) is -1.02. The van der Waals surface area contributed by atoms with Gasteiger partial charge in [0.05, 0.1) is 5.41 Å². The van der Waals surface area contributed by atoms with E-state index in [9.17, 15) is 18.0 Å². The van der Waals surface area contributed by atoms with Crippen LogP contribution in [0.25, 0.3) is 0 Å². The van der Waals surface area contributed by atoms with Crippen molar-refractivity contribution in [2.45, 2.75) is 52.0 Å². The molecule has 0 amide bonds. The first-order chi connectivity index (χ1) is 19.6. The zero-order valence-corrected chi connectivity index (χ0v) is 23.8. The molecule has 3 aromatic rings. The quantitative estimate of drug-likeness (QED) is 0.252. The van der Waals surface area contributed by atoms with Gasteiger partial charge < -0.3 is 4.74 Å². The molecule has 2 unspecified atom stereocenters. The number of ketones is 1. The summed E-state index contributed by atoms with van der Waals surface area (Å²) in [6, 6.07) is 25.3. The summed E-state index contributed by atoms with van der Waals surface area (Å²) in [4.78, 5) is 27.0. The summed E-state index contributed by atoms with van der Waals surface area (Å²) in [7, 11) is -8.85. The Morgan fingerprint density at radius 3 is 1.66 bits per heavy atom. The van der Waals surface area contributed by atoms with Gasteiger partial charge in [-0.15, -0.1) is 0 Å². The number of hydrogen-bond acceptors (Lipinski definition) is 6. The van der Waals surface area contributed by atoms with Gasteiger partial charge >= 0.3 is 21.3 Å². The maximum Gasteiger partial charge on any atom is 0.403 e. The third-order valence-electron chi connectivity index (χ3n) is 8.58. The van der Waals surface area contributed by atoms with Gasteiger partial charge in [-0.1, -0.05) is 54.6 Å². The first-order valence-corrected chi connectivity index (χ1v) is 16.6. The minimum absolute atomic E-state index is 0.146. The monoisotopic (exact) mass is 600 g/mol. The van der Waals surface area contributed by atoms with Crippen LogP contribution in [0.2, 0.25) is 0 Å². The molecule has 41 heavy (non-hydrogen) atoms. The lowest BCUT2D eigenvalue weighted by molar-refractivity contribution is -0.178. The highest BCUT2D eigenvalue weighted by atomic mass is 32.3. The van der Waals surface area contributed by atoms with E-state index >= 15 is 8.78 Å². The SMILES string of the molecule is O=C1C2CC3CC1CC(C(=O)OCC(F)(F)S(=O)(=O)OS(c1ccccc1)(c1ccccc1)c1ccccc1)(C3)C2. The number of benzene rings is 3. The van der Waals surface area contributed by atoms with E-state index in [1.807, 2.05) is 0 Å². The maximum atomic E-state index is 15.6. The van der Waals surface area contributed by atoms with Crippen LogP contribution < -0.4 is 0 Å². The number of rotatable bonds is 9. The van der Waals surface area contributed by atoms with Crippen LogP contribution in [-0.2, 0) is 28.1 Å². The molecule has 0 heterocycles. The lowest BCUT2D eigenvalue weighted by atomic mass is 9.49. The molecule has 4 fully saturated rings. The van der Waals surface area contributed by atoms with Gasteiger partial charge in [-0.25, -0.2) is 3.63 Å². The molecule has 0 saturated heterocycles. The van der Waals surface area contributed by atoms with Crippen molar-refractivity contribution >= 4 is 32.2 Å². The van der Waals surface area contributed by atoms with E-state index in [2.05, 4.69) is 0 Å². The number of ether oxygens (including phenoxy) is 1. The van der Waals surface area contributed by atoms with Gasteiger partial charge in [-0.2, -0.15) is 17.2 Å². The summed E-state index contributed by atoms with van der Waals surface area (Å²) in [6.07, 6.45) is 2.45. The Morgan fingerprint density at radius 2 is 1.22 bits per heavy atom. The molecule has 4 bridgehead atoms. The highest BCUT2D eigenvalue weighted by Gasteiger charge is 2.60.